The molecule has 1 aromatic carbocycles. The van der Waals surface area contributed by atoms with Crippen LogP contribution in [0.5, 0.6) is 5.88 Å². The topological polar surface area (TPSA) is 87.2 Å². The number of fused-ring (bicyclic) bond motifs is 1. The van der Waals surface area contributed by atoms with E-state index in [1.165, 1.54) is 21.3 Å². The van der Waals surface area contributed by atoms with Crippen LogP contribution in [0.1, 0.15) is 0 Å². The van der Waals surface area contributed by atoms with Gasteiger partial charge in [-0.2, -0.15) is 0 Å². The molecule has 8 nitrogen and oxygen atoms in total. The highest BCUT2D eigenvalue weighted by atomic mass is 16.5. The van der Waals surface area contributed by atoms with E-state index < -0.39 is 11.9 Å². The molecule has 0 radical (unpaired) electrons. The van der Waals surface area contributed by atoms with E-state index in [4.69, 9.17) is 18.9 Å². The van der Waals surface area contributed by atoms with E-state index in [1.54, 1.807) is 11.1 Å². The van der Waals surface area contributed by atoms with Crippen molar-refractivity contribution in [2.45, 2.75) is 0 Å². The van der Waals surface area contributed by atoms with Gasteiger partial charge in [-0.1, -0.05) is 6.07 Å². The summed E-state index contributed by atoms with van der Waals surface area (Å²) in [5, 5.41) is 1.69. The Labute approximate surface area is 149 Å². The van der Waals surface area contributed by atoms with Crippen LogP contribution < -0.4 is 9.64 Å². The number of benzene rings is 1. The number of hydrogen-bond acceptors (Lipinski definition) is 8. The highest BCUT2D eigenvalue weighted by molar-refractivity contribution is 6.04. The van der Waals surface area contributed by atoms with E-state index in [2.05, 4.69) is 4.98 Å². The summed E-state index contributed by atoms with van der Waals surface area (Å²) < 4.78 is 20.4. The molecule has 2 heterocycles. The molecule has 0 fully saturated rings. The molecule has 0 aliphatic carbocycles. The first-order valence-electron chi connectivity index (χ1n) is 7.78. The number of pyridine rings is 1. The Kier molecular flexibility index (Phi) is 5.04. The summed E-state index contributed by atoms with van der Waals surface area (Å²) in [6.07, 6.45) is 1.65. The summed E-state index contributed by atoms with van der Waals surface area (Å²) in [7, 11) is 4.04. The Morgan fingerprint density at radius 2 is 1.88 bits per heavy atom. The number of hydrogen-bond donors (Lipinski definition) is 0. The summed E-state index contributed by atoms with van der Waals surface area (Å²) >= 11 is 0. The van der Waals surface area contributed by atoms with E-state index in [1.807, 2.05) is 24.3 Å². The Hall–Kier alpha value is -3.13. The highest BCUT2D eigenvalue weighted by Crippen LogP contribution is 2.32. The Morgan fingerprint density at radius 3 is 2.58 bits per heavy atom. The third kappa shape index (κ3) is 3.06. The molecular formula is C18H18N2O6. The second kappa shape index (κ2) is 7.40. The van der Waals surface area contributed by atoms with Gasteiger partial charge >= 0.3 is 11.9 Å². The zero-order valence-electron chi connectivity index (χ0n) is 14.6. The number of aromatic nitrogens is 1. The number of carbonyl (C=O) groups is 2. The van der Waals surface area contributed by atoms with Crippen molar-refractivity contribution in [2.75, 3.05) is 39.6 Å². The fraction of sp³-hybridized carbons (Fsp3) is 0.278. The Morgan fingerprint density at radius 1 is 1.12 bits per heavy atom. The maximum absolute atomic E-state index is 12.3. The van der Waals surface area contributed by atoms with Crippen molar-refractivity contribution < 1.29 is 28.5 Å². The lowest BCUT2D eigenvalue weighted by Crippen LogP contribution is -2.38. The maximum Gasteiger partial charge on any atom is 0.355 e. The standard InChI is InChI=1S/C18H18N2O6/c1-23-16-13-8-12(5-4-11(13)6-7-19-16)20-10-26-9-14(17(21)24-2)15(20)18(22)25-3/h4-8H,9-10H2,1-3H3. The van der Waals surface area contributed by atoms with Crippen molar-refractivity contribution in [2.24, 2.45) is 0 Å². The molecule has 1 aromatic heterocycles. The van der Waals surface area contributed by atoms with Crippen LogP contribution in [0.2, 0.25) is 0 Å². The molecule has 0 bridgehead atoms. The predicted molar refractivity (Wildman–Crippen MR) is 92.7 cm³/mol. The Balaban J connectivity index is 2.15. The Bertz CT molecular complexity index is 892. The zero-order chi connectivity index (χ0) is 18.7. The summed E-state index contributed by atoms with van der Waals surface area (Å²) in [6.45, 7) is 0.0467. The van der Waals surface area contributed by atoms with Crippen LogP contribution >= 0.6 is 0 Å². The number of esters is 2. The van der Waals surface area contributed by atoms with Crippen LogP contribution in [0.4, 0.5) is 5.69 Å². The van der Waals surface area contributed by atoms with Gasteiger partial charge in [-0.05, 0) is 23.6 Å². The maximum atomic E-state index is 12.3. The molecule has 0 unspecified atom stereocenters. The fourth-order valence-corrected chi connectivity index (χ4v) is 2.81. The minimum Gasteiger partial charge on any atom is -0.481 e. The minimum absolute atomic E-state index is 0.0357. The predicted octanol–water partition coefficient (Wildman–Crippen LogP) is 1.64. The molecule has 26 heavy (non-hydrogen) atoms. The van der Waals surface area contributed by atoms with Gasteiger partial charge in [-0.15, -0.1) is 0 Å². The van der Waals surface area contributed by atoms with Gasteiger partial charge in [-0.25, -0.2) is 14.6 Å². The van der Waals surface area contributed by atoms with E-state index in [0.29, 0.717) is 11.6 Å². The van der Waals surface area contributed by atoms with E-state index in [0.717, 1.165) is 10.8 Å². The highest BCUT2D eigenvalue weighted by Gasteiger charge is 2.32. The molecule has 8 heteroatoms. The monoisotopic (exact) mass is 358 g/mol. The normalized spacial score (nSPS) is 14.3. The molecular weight excluding hydrogens is 340 g/mol. The number of anilines is 1. The van der Waals surface area contributed by atoms with Gasteiger partial charge in [0.25, 0.3) is 0 Å². The molecule has 0 spiro atoms. The third-order valence-electron chi connectivity index (χ3n) is 4.05. The SMILES string of the molecule is COC(=O)C1=C(C(=O)OC)N(c2ccc3ccnc(OC)c3c2)COC1. The molecule has 136 valence electrons. The van der Waals surface area contributed by atoms with Crippen molar-refractivity contribution in [3.8, 4) is 5.88 Å². The molecule has 0 atom stereocenters. The third-order valence-corrected chi connectivity index (χ3v) is 4.05. The molecule has 1 aliphatic heterocycles. The number of ether oxygens (including phenoxy) is 4. The number of nitrogens with zero attached hydrogens (tertiary/aromatic N) is 2. The molecule has 0 N–H and O–H groups in total. The lowest BCUT2D eigenvalue weighted by atomic mass is 10.1. The van der Waals surface area contributed by atoms with Crippen molar-refractivity contribution >= 4 is 28.4 Å². The minimum atomic E-state index is -0.646. The van der Waals surface area contributed by atoms with Crippen LogP contribution in [0, 0.1) is 0 Å². The number of methoxy groups -OCH3 is 3. The first kappa shape index (κ1) is 17.7. The quantitative estimate of drug-likeness (QED) is 0.763. The van der Waals surface area contributed by atoms with Crippen LogP contribution in [-0.2, 0) is 23.8 Å². The number of carbonyl (C=O) groups excluding carboxylic acids is 2. The fourth-order valence-electron chi connectivity index (χ4n) is 2.81. The summed E-state index contributed by atoms with van der Waals surface area (Å²) in [5.74, 6) is -0.832. The largest absolute Gasteiger partial charge is 0.481 e. The molecule has 0 saturated heterocycles. The second-order valence-electron chi connectivity index (χ2n) is 5.44. The average molecular weight is 358 g/mol. The molecule has 0 saturated carbocycles. The summed E-state index contributed by atoms with van der Waals surface area (Å²) in [6, 6.07) is 7.35. The van der Waals surface area contributed by atoms with E-state index in [-0.39, 0.29) is 24.6 Å². The van der Waals surface area contributed by atoms with Crippen LogP contribution in [-0.4, -0.2) is 51.6 Å². The van der Waals surface area contributed by atoms with Crippen molar-refractivity contribution in [3.63, 3.8) is 0 Å². The van der Waals surface area contributed by atoms with Crippen LogP contribution in [0.15, 0.2) is 41.7 Å². The van der Waals surface area contributed by atoms with E-state index >= 15 is 0 Å². The van der Waals surface area contributed by atoms with Gasteiger partial charge in [0.05, 0.1) is 33.5 Å². The van der Waals surface area contributed by atoms with Gasteiger partial charge in [0.15, 0.2) is 0 Å². The zero-order valence-corrected chi connectivity index (χ0v) is 14.6. The molecule has 1 aliphatic rings. The van der Waals surface area contributed by atoms with Crippen LogP contribution in [0.3, 0.4) is 0 Å². The van der Waals surface area contributed by atoms with Gasteiger partial charge in [-0.3, -0.25) is 0 Å². The van der Waals surface area contributed by atoms with Crippen molar-refractivity contribution in [1.82, 2.24) is 4.98 Å². The lowest BCUT2D eigenvalue weighted by Gasteiger charge is -2.31. The van der Waals surface area contributed by atoms with Gasteiger partial charge < -0.3 is 23.8 Å². The van der Waals surface area contributed by atoms with Crippen molar-refractivity contribution in [3.05, 3.63) is 41.7 Å². The first-order chi connectivity index (χ1) is 12.6. The van der Waals surface area contributed by atoms with Gasteiger partial charge in [0.1, 0.15) is 12.4 Å². The van der Waals surface area contributed by atoms with Crippen LogP contribution in [0.25, 0.3) is 10.8 Å². The molecule has 0 amide bonds. The lowest BCUT2D eigenvalue weighted by molar-refractivity contribution is -0.140. The number of rotatable bonds is 4. The van der Waals surface area contributed by atoms with Crippen molar-refractivity contribution in [1.29, 1.82) is 0 Å². The average Bonchev–Trinajstić information content (AvgIpc) is 2.71. The summed E-state index contributed by atoms with van der Waals surface area (Å²) in [5.41, 5.74) is 0.821. The van der Waals surface area contributed by atoms with Gasteiger partial charge in [0.2, 0.25) is 5.88 Å². The van der Waals surface area contributed by atoms with E-state index in [9.17, 15) is 9.59 Å². The first-order valence-corrected chi connectivity index (χ1v) is 7.78. The molecule has 3 rings (SSSR count). The molecule has 2 aromatic rings. The summed E-state index contributed by atoms with van der Waals surface area (Å²) in [4.78, 5) is 30.2. The van der Waals surface area contributed by atoms with Gasteiger partial charge in [0, 0.05) is 17.3 Å². The smallest absolute Gasteiger partial charge is 0.355 e. The second-order valence-corrected chi connectivity index (χ2v) is 5.44.